The summed E-state index contributed by atoms with van der Waals surface area (Å²) in [5.41, 5.74) is 0.233. The lowest BCUT2D eigenvalue weighted by Crippen LogP contribution is -2.35. The van der Waals surface area contributed by atoms with Gasteiger partial charge in [0, 0.05) is 11.4 Å². The molecule has 1 aromatic rings. The van der Waals surface area contributed by atoms with E-state index in [1.54, 1.807) is 19.9 Å². The predicted molar refractivity (Wildman–Crippen MR) is 59.7 cm³/mol. The van der Waals surface area contributed by atoms with Crippen molar-refractivity contribution < 1.29 is 9.00 Å². The summed E-state index contributed by atoms with van der Waals surface area (Å²) in [5, 5.41) is 0.245. The number of hydrogen-bond donors (Lipinski definition) is 2. The Kier molecular flexibility index (Phi) is 2.31. The molecule has 2 rings (SSSR count). The van der Waals surface area contributed by atoms with Gasteiger partial charge in [0.15, 0.2) is 0 Å². The topological polar surface area (TPSA) is 59.1 Å². The van der Waals surface area contributed by atoms with Gasteiger partial charge in [-0.3, -0.25) is 13.7 Å². The molecule has 82 valence electrons. The maximum absolute atomic E-state index is 12.5. The highest BCUT2D eigenvalue weighted by atomic mass is 35.5. The van der Waals surface area contributed by atoms with E-state index in [1.807, 2.05) is 0 Å². The van der Waals surface area contributed by atoms with Gasteiger partial charge in [0.2, 0.25) is 0 Å². The SMILES string of the molecule is CC(C)[SH]1(=O)NC(=O)c2ncc(Cl)cc21. The Morgan fingerprint density at radius 3 is 2.80 bits per heavy atom. The van der Waals surface area contributed by atoms with Gasteiger partial charge < -0.3 is 0 Å². The number of nitrogens with zero attached hydrogens (tertiary/aromatic N) is 1. The summed E-state index contributed by atoms with van der Waals surface area (Å²) in [6.45, 7) is 3.61. The van der Waals surface area contributed by atoms with Gasteiger partial charge in [-0.15, -0.1) is 0 Å². The third-order valence-electron chi connectivity index (χ3n) is 2.40. The molecule has 1 aliphatic rings. The van der Waals surface area contributed by atoms with Crippen LogP contribution in [0.15, 0.2) is 17.2 Å². The number of hydrogen-bond acceptors (Lipinski definition) is 3. The van der Waals surface area contributed by atoms with Crippen molar-refractivity contribution in [2.75, 3.05) is 0 Å². The predicted octanol–water partition coefficient (Wildman–Crippen LogP) is 1.18. The molecule has 1 amide bonds. The Bertz CT molecular complexity index is 487. The molecule has 4 nitrogen and oxygen atoms in total. The van der Waals surface area contributed by atoms with Crippen LogP contribution in [-0.2, 0) is 10.1 Å². The van der Waals surface area contributed by atoms with Crippen LogP contribution in [0.5, 0.6) is 0 Å². The van der Waals surface area contributed by atoms with E-state index in [1.165, 1.54) is 6.20 Å². The maximum Gasteiger partial charge on any atom is 0.281 e. The molecule has 0 saturated heterocycles. The van der Waals surface area contributed by atoms with Crippen molar-refractivity contribution in [3.8, 4) is 0 Å². The molecule has 0 fully saturated rings. The van der Waals surface area contributed by atoms with Crippen LogP contribution < -0.4 is 4.72 Å². The molecule has 1 aliphatic heterocycles. The molecule has 0 aliphatic carbocycles. The maximum atomic E-state index is 12.5. The van der Waals surface area contributed by atoms with Gasteiger partial charge in [-0.1, -0.05) is 25.4 Å². The smallest absolute Gasteiger partial charge is 0.281 e. The number of fused-ring (bicyclic) bond motifs is 1. The highest BCUT2D eigenvalue weighted by molar-refractivity contribution is 8.02. The molecular formula is C9H11ClN2O2S. The summed E-state index contributed by atoms with van der Waals surface area (Å²) in [4.78, 5) is 15.9. The monoisotopic (exact) mass is 246 g/mol. The molecular weight excluding hydrogens is 236 g/mol. The van der Waals surface area contributed by atoms with Gasteiger partial charge in [0.1, 0.15) is 5.69 Å². The summed E-state index contributed by atoms with van der Waals surface area (Å²) < 4.78 is 15.0. The summed E-state index contributed by atoms with van der Waals surface area (Å²) in [7, 11) is -2.86. The van der Waals surface area contributed by atoms with Gasteiger partial charge in [-0.05, 0) is 16.2 Å². The third kappa shape index (κ3) is 1.46. The average Bonchev–Trinajstić information content (AvgIpc) is 2.40. The van der Waals surface area contributed by atoms with E-state index in [2.05, 4.69) is 9.71 Å². The first kappa shape index (κ1) is 10.6. The van der Waals surface area contributed by atoms with E-state index in [0.717, 1.165) is 0 Å². The van der Waals surface area contributed by atoms with Crippen molar-refractivity contribution in [3.05, 3.63) is 23.0 Å². The van der Waals surface area contributed by atoms with Crippen LogP contribution in [0.2, 0.25) is 5.02 Å². The molecule has 1 aromatic heterocycles. The van der Waals surface area contributed by atoms with Crippen molar-refractivity contribution in [1.82, 2.24) is 9.71 Å². The number of carbonyl (C=O) groups is 1. The van der Waals surface area contributed by atoms with Crippen LogP contribution >= 0.6 is 11.6 Å². The minimum atomic E-state index is -2.86. The molecule has 2 heterocycles. The Morgan fingerprint density at radius 1 is 1.53 bits per heavy atom. The summed E-state index contributed by atoms with van der Waals surface area (Å²) in [6, 6.07) is 1.56. The molecule has 15 heavy (non-hydrogen) atoms. The van der Waals surface area contributed by atoms with Crippen LogP contribution in [-0.4, -0.2) is 20.3 Å². The molecule has 0 radical (unpaired) electrons. The number of thiol groups is 1. The summed E-state index contributed by atoms with van der Waals surface area (Å²) >= 11 is 5.78. The number of amides is 1. The first-order valence-electron chi connectivity index (χ1n) is 4.53. The molecule has 0 aromatic carbocycles. The lowest BCUT2D eigenvalue weighted by atomic mass is 10.3. The van der Waals surface area contributed by atoms with Crippen molar-refractivity contribution in [2.24, 2.45) is 0 Å². The molecule has 0 unspecified atom stereocenters. The van der Waals surface area contributed by atoms with Crippen LogP contribution in [0.3, 0.4) is 0 Å². The van der Waals surface area contributed by atoms with E-state index < -0.39 is 10.1 Å². The Hall–Kier alpha value is -0.940. The second-order valence-corrected chi connectivity index (χ2v) is 7.20. The van der Waals surface area contributed by atoms with Crippen molar-refractivity contribution >= 4 is 27.6 Å². The second kappa shape index (κ2) is 3.28. The molecule has 0 atom stereocenters. The number of nitrogens with one attached hydrogen (secondary N) is 1. The van der Waals surface area contributed by atoms with E-state index >= 15 is 0 Å². The zero-order valence-corrected chi connectivity index (χ0v) is 9.97. The quantitative estimate of drug-likeness (QED) is 0.732. The zero-order valence-electron chi connectivity index (χ0n) is 8.32. The van der Waals surface area contributed by atoms with Crippen LogP contribution in [0.1, 0.15) is 24.3 Å². The van der Waals surface area contributed by atoms with E-state index in [0.29, 0.717) is 9.92 Å². The van der Waals surface area contributed by atoms with Crippen molar-refractivity contribution in [1.29, 1.82) is 0 Å². The van der Waals surface area contributed by atoms with Gasteiger partial charge in [0.05, 0.1) is 9.92 Å². The number of aromatic nitrogens is 1. The number of halogens is 1. The third-order valence-corrected chi connectivity index (χ3v) is 5.66. The van der Waals surface area contributed by atoms with E-state index in [-0.39, 0.29) is 16.9 Å². The second-order valence-electron chi connectivity index (χ2n) is 3.71. The van der Waals surface area contributed by atoms with Gasteiger partial charge >= 0.3 is 0 Å². The van der Waals surface area contributed by atoms with Crippen molar-refractivity contribution in [2.45, 2.75) is 24.0 Å². The van der Waals surface area contributed by atoms with E-state index in [4.69, 9.17) is 11.6 Å². The van der Waals surface area contributed by atoms with Crippen LogP contribution in [0.4, 0.5) is 0 Å². The average molecular weight is 247 g/mol. The summed E-state index contributed by atoms with van der Waals surface area (Å²) in [5.74, 6) is -0.376. The Labute approximate surface area is 93.6 Å². The van der Waals surface area contributed by atoms with Gasteiger partial charge in [-0.25, -0.2) is 4.98 Å². The minimum Gasteiger partial charge on any atom is -0.288 e. The Balaban J connectivity index is 2.68. The normalized spacial score (nSPS) is 19.9. The number of pyridine rings is 1. The highest BCUT2D eigenvalue weighted by Crippen LogP contribution is 2.31. The van der Waals surface area contributed by atoms with Gasteiger partial charge in [0.25, 0.3) is 5.91 Å². The fraction of sp³-hybridized carbons (Fsp3) is 0.333. The molecule has 0 bridgehead atoms. The summed E-state index contributed by atoms with van der Waals surface area (Å²) in [6.07, 6.45) is 1.38. The molecule has 1 N–H and O–H groups in total. The van der Waals surface area contributed by atoms with Gasteiger partial charge in [-0.2, -0.15) is 0 Å². The highest BCUT2D eigenvalue weighted by Gasteiger charge is 2.36. The molecule has 0 saturated carbocycles. The number of rotatable bonds is 1. The lowest BCUT2D eigenvalue weighted by molar-refractivity contribution is 0.0980. The standard InChI is InChI=1S/C9H11ClN2O2S/c1-5(2)15(14)7-3-6(10)4-11-8(7)9(13)12-15/h3-5,15H,1-2H3,(H,12,13,14). The molecule has 6 heteroatoms. The fourth-order valence-electron chi connectivity index (χ4n) is 1.53. The van der Waals surface area contributed by atoms with Crippen LogP contribution in [0, 0.1) is 0 Å². The van der Waals surface area contributed by atoms with E-state index in [9.17, 15) is 9.00 Å². The number of carbonyl (C=O) groups excluding carboxylic acids is 1. The van der Waals surface area contributed by atoms with Crippen LogP contribution in [0.25, 0.3) is 0 Å². The first-order valence-corrected chi connectivity index (χ1v) is 6.69. The first-order chi connectivity index (χ1) is 6.95. The lowest BCUT2D eigenvalue weighted by Gasteiger charge is -2.23. The fourth-order valence-corrected chi connectivity index (χ4v) is 3.91. The minimum absolute atomic E-state index is 0.150. The largest absolute Gasteiger partial charge is 0.288 e. The zero-order chi connectivity index (χ0) is 11.2. The molecule has 0 spiro atoms. The van der Waals surface area contributed by atoms with Crippen molar-refractivity contribution in [3.63, 3.8) is 0 Å². The Morgan fingerprint density at radius 2 is 2.20 bits per heavy atom.